The molecule has 7 rings (SSSR count). The number of fused-ring (bicyclic) bond motifs is 6. The van der Waals surface area contributed by atoms with Gasteiger partial charge in [-0.15, -0.1) is 22.7 Å². The van der Waals surface area contributed by atoms with Crippen LogP contribution in [0.15, 0.2) is 12.7 Å². The van der Waals surface area contributed by atoms with Crippen molar-refractivity contribution < 1.29 is 14.3 Å². The lowest BCUT2D eigenvalue weighted by molar-refractivity contribution is 0.00947. The van der Waals surface area contributed by atoms with Crippen LogP contribution in [0, 0.1) is 0 Å². The standard InChI is InChI=1S/C15H17ClN4O2S.C10H7Cl2N3OS/c1-9-7-22-5-4-20(9)15(21)19-3-2-10-11(6-19)23-14-12(10)13(16)17-8-18-14;11-8-7-5-1-2-15(10(12)16)3-6(5)17-9(7)14-4-13-8/h8-9H,2-7H2,1H3;4H,1-3H2/t9-;/m0./s1. The molecule has 3 aliphatic heterocycles. The molecular formula is C25H24Cl3N7O3S2. The number of hydrogen-bond acceptors (Lipinski definition) is 9. The highest BCUT2D eigenvalue weighted by Gasteiger charge is 2.32. The van der Waals surface area contributed by atoms with Crippen molar-refractivity contribution >= 4 is 89.3 Å². The number of amides is 3. The van der Waals surface area contributed by atoms with E-state index in [0.717, 1.165) is 43.7 Å². The van der Waals surface area contributed by atoms with Gasteiger partial charge in [0.1, 0.15) is 32.6 Å². The second-order valence-electron chi connectivity index (χ2n) is 9.69. The molecule has 1 fully saturated rings. The summed E-state index contributed by atoms with van der Waals surface area (Å²) in [7, 11) is 0. The summed E-state index contributed by atoms with van der Waals surface area (Å²) in [6.45, 7) is 6.39. The molecular weight excluding hydrogens is 617 g/mol. The lowest BCUT2D eigenvalue weighted by Gasteiger charge is -2.38. The van der Waals surface area contributed by atoms with Crippen LogP contribution in [-0.4, -0.2) is 84.9 Å². The minimum atomic E-state index is -0.412. The molecule has 0 bridgehead atoms. The van der Waals surface area contributed by atoms with E-state index in [9.17, 15) is 9.59 Å². The van der Waals surface area contributed by atoms with Crippen LogP contribution in [0.4, 0.5) is 9.59 Å². The van der Waals surface area contributed by atoms with E-state index in [1.54, 1.807) is 27.6 Å². The van der Waals surface area contributed by atoms with E-state index in [1.165, 1.54) is 23.1 Å². The first kappa shape index (κ1) is 27.8. The second kappa shape index (κ2) is 11.5. The van der Waals surface area contributed by atoms with Crippen LogP contribution in [0.5, 0.6) is 0 Å². The molecule has 0 unspecified atom stereocenters. The molecule has 4 aromatic heterocycles. The van der Waals surface area contributed by atoms with Crippen LogP contribution < -0.4 is 0 Å². The predicted octanol–water partition coefficient (Wildman–Crippen LogP) is 5.61. The molecule has 15 heteroatoms. The minimum absolute atomic E-state index is 0.0982. The van der Waals surface area contributed by atoms with E-state index in [0.29, 0.717) is 56.2 Å². The van der Waals surface area contributed by atoms with Crippen molar-refractivity contribution in [2.24, 2.45) is 0 Å². The predicted molar refractivity (Wildman–Crippen MR) is 157 cm³/mol. The molecule has 0 radical (unpaired) electrons. The van der Waals surface area contributed by atoms with Crippen molar-refractivity contribution in [1.82, 2.24) is 34.6 Å². The molecule has 3 amide bonds. The van der Waals surface area contributed by atoms with Crippen LogP contribution in [0.3, 0.4) is 0 Å². The zero-order chi connectivity index (χ0) is 28.0. The Morgan fingerprint density at radius 2 is 1.43 bits per heavy atom. The van der Waals surface area contributed by atoms with Crippen LogP contribution in [0.2, 0.25) is 10.3 Å². The molecule has 7 heterocycles. The molecule has 4 aromatic rings. The average Bonchev–Trinajstić information content (AvgIpc) is 3.52. The monoisotopic (exact) mass is 639 g/mol. The number of hydrogen-bond donors (Lipinski definition) is 0. The third kappa shape index (κ3) is 5.21. The zero-order valence-electron chi connectivity index (χ0n) is 21.4. The maximum atomic E-state index is 12.8. The van der Waals surface area contributed by atoms with E-state index < -0.39 is 5.37 Å². The zero-order valence-corrected chi connectivity index (χ0v) is 25.3. The van der Waals surface area contributed by atoms with Gasteiger partial charge in [-0.2, -0.15) is 0 Å². The molecule has 10 nitrogen and oxygen atoms in total. The van der Waals surface area contributed by atoms with Crippen molar-refractivity contribution in [1.29, 1.82) is 0 Å². The topological polar surface area (TPSA) is 105 Å². The van der Waals surface area contributed by atoms with Gasteiger partial charge in [0.05, 0.1) is 43.1 Å². The summed E-state index contributed by atoms with van der Waals surface area (Å²) in [5.74, 6) is 0. The number of aromatic nitrogens is 4. The first-order valence-electron chi connectivity index (χ1n) is 12.7. The van der Waals surface area contributed by atoms with Crippen LogP contribution >= 0.6 is 57.5 Å². The lowest BCUT2D eigenvalue weighted by Crippen LogP contribution is -2.53. The Balaban J connectivity index is 0.000000151. The number of morpholine rings is 1. The van der Waals surface area contributed by atoms with E-state index >= 15 is 0 Å². The van der Waals surface area contributed by atoms with Crippen LogP contribution in [0.25, 0.3) is 20.4 Å². The third-order valence-corrected chi connectivity index (χ3v) is 10.4. The molecule has 210 valence electrons. The highest BCUT2D eigenvalue weighted by Crippen LogP contribution is 2.38. The summed E-state index contributed by atoms with van der Waals surface area (Å²) < 4.78 is 5.42. The quantitative estimate of drug-likeness (QED) is 0.140. The van der Waals surface area contributed by atoms with E-state index in [-0.39, 0.29) is 12.1 Å². The van der Waals surface area contributed by atoms with Crippen molar-refractivity contribution in [3.8, 4) is 0 Å². The van der Waals surface area contributed by atoms with Crippen molar-refractivity contribution in [2.75, 3.05) is 32.8 Å². The fraction of sp³-hybridized carbons (Fsp3) is 0.440. The summed E-state index contributed by atoms with van der Waals surface area (Å²) >= 11 is 21.0. The molecule has 1 atom stereocenters. The summed E-state index contributed by atoms with van der Waals surface area (Å²) in [5, 5.41) is 2.47. The van der Waals surface area contributed by atoms with Crippen molar-refractivity contribution in [3.05, 3.63) is 43.8 Å². The summed E-state index contributed by atoms with van der Waals surface area (Å²) in [4.78, 5) is 50.0. The minimum Gasteiger partial charge on any atom is -0.377 e. The van der Waals surface area contributed by atoms with Crippen LogP contribution in [-0.2, 0) is 30.7 Å². The number of ether oxygens (including phenoxy) is 1. The first-order valence-corrected chi connectivity index (χ1v) is 15.5. The highest BCUT2D eigenvalue weighted by atomic mass is 35.5. The van der Waals surface area contributed by atoms with Gasteiger partial charge in [0.15, 0.2) is 0 Å². The Hall–Kier alpha value is -2.35. The molecule has 40 heavy (non-hydrogen) atoms. The average molecular weight is 641 g/mol. The Labute approximate surface area is 252 Å². The number of carbonyl (C=O) groups excluding carboxylic acids is 2. The van der Waals surface area contributed by atoms with Crippen molar-refractivity contribution in [3.63, 3.8) is 0 Å². The van der Waals surface area contributed by atoms with Gasteiger partial charge in [0.25, 0.3) is 0 Å². The Kier molecular flexibility index (Phi) is 7.99. The van der Waals surface area contributed by atoms with Gasteiger partial charge in [0, 0.05) is 29.4 Å². The Bertz CT molecular complexity index is 1610. The highest BCUT2D eigenvalue weighted by molar-refractivity contribution is 7.19. The summed E-state index contributed by atoms with van der Waals surface area (Å²) in [5.41, 5.74) is 2.36. The number of halogens is 3. The van der Waals surface area contributed by atoms with E-state index in [1.807, 2.05) is 16.7 Å². The lowest BCUT2D eigenvalue weighted by atomic mass is 10.1. The maximum Gasteiger partial charge on any atom is 0.320 e. The molecule has 0 spiro atoms. The first-order chi connectivity index (χ1) is 19.3. The summed E-state index contributed by atoms with van der Waals surface area (Å²) in [6, 6.07) is 0.224. The fourth-order valence-corrected chi connectivity index (χ4v) is 8.44. The van der Waals surface area contributed by atoms with Gasteiger partial charge in [-0.3, -0.25) is 4.79 Å². The molecule has 1 saturated heterocycles. The Morgan fingerprint density at radius 3 is 1.98 bits per heavy atom. The van der Waals surface area contributed by atoms with Crippen molar-refractivity contribution in [2.45, 2.75) is 38.9 Å². The van der Waals surface area contributed by atoms with E-state index in [2.05, 4.69) is 19.9 Å². The SMILES string of the molecule is C[C@H]1COCCN1C(=O)N1CCc2c(sc3ncnc(Cl)c23)C1.O=C(Cl)N1CCc2c(sc3ncnc(Cl)c23)C1. The normalized spacial score (nSPS) is 18.8. The molecule has 0 aliphatic carbocycles. The van der Waals surface area contributed by atoms with Gasteiger partial charge in [0.2, 0.25) is 0 Å². The number of urea groups is 1. The second-order valence-corrected chi connectivity index (χ2v) is 12.9. The van der Waals surface area contributed by atoms with Gasteiger partial charge in [-0.1, -0.05) is 23.2 Å². The van der Waals surface area contributed by atoms with Crippen LogP contribution in [0.1, 0.15) is 27.8 Å². The number of nitrogens with zero attached hydrogens (tertiary/aromatic N) is 7. The van der Waals surface area contributed by atoms with Gasteiger partial charge < -0.3 is 19.4 Å². The molecule has 0 saturated carbocycles. The number of thiophene rings is 2. The number of rotatable bonds is 0. The van der Waals surface area contributed by atoms with Gasteiger partial charge in [-0.25, -0.2) is 24.7 Å². The molecule has 3 aliphatic rings. The molecule has 0 N–H and O–H groups in total. The third-order valence-electron chi connectivity index (χ3n) is 7.31. The van der Waals surface area contributed by atoms with Gasteiger partial charge in [-0.05, 0) is 42.5 Å². The smallest absolute Gasteiger partial charge is 0.320 e. The fourth-order valence-electron chi connectivity index (χ4n) is 5.28. The summed E-state index contributed by atoms with van der Waals surface area (Å²) in [6.07, 6.45) is 4.50. The van der Waals surface area contributed by atoms with E-state index in [4.69, 9.17) is 39.5 Å². The molecule has 0 aromatic carbocycles. The largest absolute Gasteiger partial charge is 0.377 e. The maximum absolute atomic E-state index is 12.8. The Morgan fingerprint density at radius 1 is 0.875 bits per heavy atom. The van der Waals surface area contributed by atoms with Gasteiger partial charge >= 0.3 is 11.4 Å². The number of carbonyl (C=O) groups is 2.